The summed E-state index contributed by atoms with van der Waals surface area (Å²) in [7, 11) is -6.00. The number of thioether (sulfide) groups is 2. The van der Waals surface area contributed by atoms with Gasteiger partial charge in [0.15, 0.2) is 0 Å². The van der Waals surface area contributed by atoms with E-state index in [9.17, 15) is 41.2 Å². The molecule has 6 bridgehead atoms. The molecule has 308 valence electrons. The summed E-state index contributed by atoms with van der Waals surface area (Å²) >= 11 is 3.23. The first-order chi connectivity index (χ1) is 25.9. The maximum absolute atomic E-state index is 14.3. The van der Waals surface area contributed by atoms with Gasteiger partial charge in [-0.3, -0.25) is 18.9 Å². The molecule has 0 aromatic rings. The Hall–Kier alpha value is -1.78. The number of hydrogen-bond donors (Lipinski definition) is 1. The zero-order valence-electron chi connectivity index (χ0n) is 31.4. The van der Waals surface area contributed by atoms with Crippen LogP contribution in [0.15, 0.2) is 0 Å². The minimum atomic E-state index is -6.00. The molecule has 7 fully saturated rings. The van der Waals surface area contributed by atoms with Gasteiger partial charge in [0.1, 0.15) is 30.9 Å². The van der Waals surface area contributed by atoms with Gasteiger partial charge in [-0.15, -0.1) is 23.5 Å². The summed E-state index contributed by atoms with van der Waals surface area (Å²) < 4.78 is 77.8. The summed E-state index contributed by atoms with van der Waals surface area (Å²) in [6.07, 6.45) is 11.4. The van der Waals surface area contributed by atoms with Crippen molar-refractivity contribution in [2.24, 2.45) is 58.2 Å². The zero-order chi connectivity index (χ0) is 39.4. The minimum Gasteiger partial charge on any atom is -0.465 e. The summed E-state index contributed by atoms with van der Waals surface area (Å²) in [4.78, 5) is 64.8. The van der Waals surface area contributed by atoms with Gasteiger partial charge in [-0.25, -0.2) is 4.79 Å². The quantitative estimate of drug-likeness (QED) is 0.102. The van der Waals surface area contributed by atoms with Gasteiger partial charge >= 0.3 is 33.3 Å². The standard InChI is InChI=1S/C39H54F2O11S3/c1-23-8-26-11-28(31(23)43)13-29(12-26)32(44)50-19-36(20-51-34(45)37-6-2-4-24(14-37)9-27(15-37)18-42)21-53-33(54-22-36)30-10-25-5-3-7-38(16-25,17-30)52-35(46)39(40,41)55(47,48)49/h18,23-30,33H,2-17,19-22H2,1H3,(H,47,48,49). The fourth-order valence-corrected chi connectivity index (χ4v) is 15.4. The van der Waals surface area contributed by atoms with Crippen LogP contribution in [0, 0.1) is 58.2 Å². The highest BCUT2D eigenvalue weighted by molar-refractivity contribution is 8.17. The average molecular weight is 833 g/mol. The molecule has 7 aliphatic rings. The molecule has 0 radical (unpaired) electrons. The van der Waals surface area contributed by atoms with Crippen LogP contribution in [-0.2, 0) is 48.3 Å². The van der Waals surface area contributed by atoms with Crippen molar-refractivity contribution < 1.29 is 59.9 Å². The third-order valence-corrected chi connectivity index (χ3v) is 18.8. The number of fused-ring (bicyclic) bond motifs is 6. The van der Waals surface area contributed by atoms with Crippen LogP contribution in [-0.4, -0.2) is 83.1 Å². The van der Waals surface area contributed by atoms with Gasteiger partial charge < -0.3 is 19.0 Å². The monoisotopic (exact) mass is 832 g/mol. The highest BCUT2D eigenvalue weighted by Gasteiger charge is 2.59. The van der Waals surface area contributed by atoms with E-state index < -0.39 is 37.8 Å². The first kappa shape index (κ1) is 41.4. The number of hydrogen-bond acceptors (Lipinski definition) is 12. The van der Waals surface area contributed by atoms with Crippen LogP contribution in [0.4, 0.5) is 8.78 Å². The first-order valence-electron chi connectivity index (χ1n) is 20.1. The number of rotatable bonds is 11. The highest BCUT2D eigenvalue weighted by atomic mass is 32.2. The Labute approximate surface area is 330 Å². The van der Waals surface area contributed by atoms with E-state index in [1.54, 1.807) is 23.5 Å². The zero-order valence-corrected chi connectivity index (χ0v) is 33.9. The lowest BCUT2D eigenvalue weighted by atomic mass is 9.59. The third-order valence-electron chi connectivity index (χ3n) is 14.1. The van der Waals surface area contributed by atoms with Gasteiger partial charge in [0.2, 0.25) is 0 Å². The van der Waals surface area contributed by atoms with Crippen molar-refractivity contribution in [2.45, 2.75) is 125 Å². The largest absolute Gasteiger partial charge is 0.465 e. The second-order valence-electron chi connectivity index (χ2n) is 18.5. The SMILES string of the molecule is CC1CC2CC(C(=O)OCC3(COC(=O)C45CCCC(CC(C=O)C4)C5)CSC(C4CC5CCCC(OC(=O)C(F)(F)S(=O)(=O)O)(C5)C4)SC3)CC(C2)C1=O. The average Bonchev–Trinajstić information content (AvgIpc) is 3.14. The lowest BCUT2D eigenvalue weighted by Crippen LogP contribution is -2.52. The number of aldehydes is 1. The molecule has 10 unspecified atom stereocenters. The van der Waals surface area contributed by atoms with Crippen LogP contribution >= 0.6 is 23.5 Å². The minimum absolute atomic E-state index is 0.0103. The van der Waals surface area contributed by atoms with Crippen LogP contribution in [0.5, 0.6) is 0 Å². The Kier molecular flexibility index (Phi) is 11.9. The van der Waals surface area contributed by atoms with Crippen molar-refractivity contribution in [3.05, 3.63) is 0 Å². The molecule has 6 saturated carbocycles. The molecule has 1 N–H and O–H groups in total. The van der Waals surface area contributed by atoms with E-state index in [1.807, 2.05) is 6.92 Å². The summed E-state index contributed by atoms with van der Waals surface area (Å²) in [5.74, 6) is -1.75. The van der Waals surface area contributed by atoms with E-state index >= 15 is 0 Å². The number of esters is 3. The topological polar surface area (TPSA) is 167 Å². The molecule has 11 nitrogen and oxygen atoms in total. The van der Waals surface area contributed by atoms with E-state index in [0.717, 1.165) is 51.2 Å². The van der Waals surface area contributed by atoms with Gasteiger partial charge in [-0.2, -0.15) is 17.2 Å². The van der Waals surface area contributed by atoms with Crippen molar-refractivity contribution in [3.63, 3.8) is 0 Å². The summed E-state index contributed by atoms with van der Waals surface area (Å²) in [5.41, 5.74) is -2.71. The van der Waals surface area contributed by atoms with Crippen LogP contribution in [0.1, 0.15) is 110 Å². The third kappa shape index (κ3) is 8.54. The van der Waals surface area contributed by atoms with Gasteiger partial charge in [-0.1, -0.05) is 26.2 Å². The smallest absolute Gasteiger partial charge is 0.465 e. The number of alkyl halides is 2. The Bertz CT molecular complexity index is 1630. The van der Waals surface area contributed by atoms with E-state index in [2.05, 4.69) is 0 Å². The maximum atomic E-state index is 14.3. The van der Waals surface area contributed by atoms with Gasteiger partial charge in [0, 0.05) is 29.3 Å². The van der Waals surface area contributed by atoms with E-state index in [1.165, 1.54) is 0 Å². The molecule has 1 aliphatic heterocycles. The molecule has 1 heterocycles. The Balaban J connectivity index is 1.04. The molecule has 0 aromatic heterocycles. The number of carbonyl (C=O) groups excluding carboxylic acids is 5. The molecule has 55 heavy (non-hydrogen) atoms. The van der Waals surface area contributed by atoms with Crippen molar-refractivity contribution in [1.82, 2.24) is 0 Å². The van der Waals surface area contributed by atoms with Crippen molar-refractivity contribution in [3.8, 4) is 0 Å². The lowest BCUT2D eigenvalue weighted by Gasteiger charge is -2.50. The van der Waals surface area contributed by atoms with Crippen LogP contribution < -0.4 is 0 Å². The fraction of sp³-hybridized carbons (Fsp3) is 0.872. The van der Waals surface area contributed by atoms with Gasteiger partial charge in [-0.05, 0) is 107 Å². The molecular weight excluding hydrogens is 779 g/mol. The second-order valence-corrected chi connectivity index (χ2v) is 22.5. The molecule has 0 aromatic carbocycles. The van der Waals surface area contributed by atoms with Crippen molar-refractivity contribution in [1.29, 1.82) is 0 Å². The maximum Gasteiger partial charge on any atom is 0.465 e. The van der Waals surface area contributed by atoms with Crippen LogP contribution in [0.25, 0.3) is 0 Å². The van der Waals surface area contributed by atoms with Crippen molar-refractivity contribution in [2.75, 3.05) is 24.7 Å². The van der Waals surface area contributed by atoms with Gasteiger partial charge in [0.25, 0.3) is 0 Å². The Morgan fingerprint density at radius 2 is 1.58 bits per heavy atom. The van der Waals surface area contributed by atoms with E-state index in [4.69, 9.17) is 18.8 Å². The molecule has 7 rings (SSSR count). The predicted octanol–water partition coefficient (Wildman–Crippen LogP) is 6.66. The van der Waals surface area contributed by atoms with E-state index in [-0.39, 0.29) is 77.4 Å². The van der Waals surface area contributed by atoms with Gasteiger partial charge in [0.05, 0.1) is 21.3 Å². The predicted molar refractivity (Wildman–Crippen MR) is 199 cm³/mol. The lowest BCUT2D eigenvalue weighted by molar-refractivity contribution is -0.189. The molecule has 6 aliphatic carbocycles. The normalized spacial score (nSPS) is 41.7. The van der Waals surface area contributed by atoms with Crippen LogP contribution in [0.2, 0.25) is 0 Å². The Morgan fingerprint density at radius 1 is 0.891 bits per heavy atom. The molecule has 1 saturated heterocycles. The number of carbonyl (C=O) groups is 5. The first-order valence-corrected chi connectivity index (χ1v) is 23.6. The van der Waals surface area contributed by atoms with Crippen molar-refractivity contribution >= 4 is 63.6 Å². The van der Waals surface area contributed by atoms with E-state index in [0.29, 0.717) is 74.7 Å². The number of ether oxygens (including phenoxy) is 3. The van der Waals surface area contributed by atoms with Crippen LogP contribution in [0.3, 0.4) is 0 Å². The summed E-state index contributed by atoms with van der Waals surface area (Å²) in [5, 5.41) is -5.07. The number of halogens is 2. The molecule has 0 spiro atoms. The molecule has 16 heteroatoms. The summed E-state index contributed by atoms with van der Waals surface area (Å²) in [6.45, 7) is 2.01. The molecular formula is C39H54F2O11S3. The molecule has 10 atom stereocenters. The Morgan fingerprint density at radius 3 is 2.29 bits per heavy atom. The fourth-order valence-electron chi connectivity index (χ4n) is 11.7. The second kappa shape index (κ2) is 15.8. The summed E-state index contributed by atoms with van der Waals surface area (Å²) in [6, 6.07) is 0. The molecule has 0 amide bonds. The number of Topliss-reactive ketones (excluding diaryl/α,β-unsaturated/α-hetero) is 1. The number of ketones is 1. The highest BCUT2D eigenvalue weighted by Crippen LogP contribution is 2.56.